The second-order valence-corrected chi connectivity index (χ2v) is 4.40. The Balaban J connectivity index is 2.71. The first kappa shape index (κ1) is 12.5. The first-order valence-corrected chi connectivity index (χ1v) is 5.53. The predicted molar refractivity (Wildman–Crippen MR) is 68.0 cm³/mol. The summed E-state index contributed by atoms with van der Waals surface area (Å²) in [6.45, 7) is 5.37. The highest BCUT2D eigenvalue weighted by atomic mass is 15.2. The molecule has 88 valence electrons. The Hall–Kier alpha value is -1.58. The number of amidine groups is 1. The van der Waals surface area contributed by atoms with Crippen LogP contribution in [-0.2, 0) is 0 Å². The maximum atomic E-state index is 7.34. The molecule has 1 heterocycles. The maximum Gasteiger partial charge on any atom is 0.141 e. The van der Waals surface area contributed by atoms with Gasteiger partial charge in [0.2, 0.25) is 0 Å². The molecule has 0 spiro atoms. The van der Waals surface area contributed by atoms with E-state index in [-0.39, 0.29) is 5.84 Å². The molecule has 4 heteroatoms. The molecule has 16 heavy (non-hydrogen) atoms. The van der Waals surface area contributed by atoms with Gasteiger partial charge in [0.25, 0.3) is 0 Å². The van der Waals surface area contributed by atoms with Gasteiger partial charge in [-0.15, -0.1) is 0 Å². The van der Waals surface area contributed by atoms with E-state index in [0.29, 0.717) is 11.6 Å². The minimum Gasteiger partial charge on any atom is -0.382 e. The molecule has 0 aliphatic heterocycles. The van der Waals surface area contributed by atoms with Gasteiger partial charge in [-0.3, -0.25) is 5.41 Å². The number of hydrogen-bond acceptors (Lipinski definition) is 3. The van der Waals surface area contributed by atoms with Crippen molar-refractivity contribution >= 4 is 11.7 Å². The van der Waals surface area contributed by atoms with Crippen LogP contribution in [0.2, 0.25) is 0 Å². The highest BCUT2D eigenvalue weighted by Gasteiger charge is 2.05. The van der Waals surface area contributed by atoms with Crippen LogP contribution in [0.5, 0.6) is 0 Å². The van der Waals surface area contributed by atoms with E-state index >= 15 is 0 Å². The summed E-state index contributed by atoms with van der Waals surface area (Å²) in [6.07, 6.45) is 1.13. The van der Waals surface area contributed by atoms with Crippen molar-refractivity contribution in [1.29, 1.82) is 5.41 Å². The highest BCUT2D eigenvalue weighted by molar-refractivity contribution is 5.93. The molecular weight excluding hydrogens is 200 g/mol. The molecule has 0 atom stereocenters. The molecule has 0 aromatic carbocycles. The van der Waals surface area contributed by atoms with Crippen molar-refractivity contribution in [3.05, 3.63) is 23.9 Å². The molecule has 0 bridgehead atoms. The molecule has 0 saturated heterocycles. The lowest BCUT2D eigenvalue weighted by Crippen LogP contribution is -2.22. The Labute approximate surface area is 97.0 Å². The molecule has 0 fully saturated rings. The van der Waals surface area contributed by atoms with Gasteiger partial charge < -0.3 is 10.6 Å². The van der Waals surface area contributed by atoms with Crippen molar-refractivity contribution in [1.82, 2.24) is 4.98 Å². The average molecular weight is 220 g/mol. The molecule has 0 unspecified atom stereocenters. The number of anilines is 1. The third kappa shape index (κ3) is 3.53. The third-order valence-corrected chi connectivity index (χ3v) is 2.44. The number of rotatable bonds is 5. The topological polar surface area (TPSA) is 66.0 Å². The quantitative estimate of drug-likeness (QED) is 0.588. The normalized spacial score (nSPS) is 10.5. The summed E-state index contributed by atoms with van der Waals surface area (Å²) >= 11 is 0. The van der Waals surface area contributed by atoms with E-state index in [0.717, 1.165) is 18.8 Å². The van der Waals surface area contributed by atoms with Crippen LogP contribution in [0.1, 0.15) is 26.0 Å². The summed E-state index contributed by atoms with van der Waals surface area (Å²) in [5, 5.41) is 7.34. The lowest BCUT2D eigenvalue weighted by molar-refractivity contribution is 0.583. The Morgan fingerprint density at radius 3 is 2.75 bits per heavy atom. The fraction of sp³-hybridized carbons (Fsp3) is 0.500. The van der Waals surface area contributed by atoms with Gasteiger partial charge in [0.15, 0.2) is 0 Å². The fourth-order valence-electron chi connectivity index (χ4n) is 1.35. The van der Waals surface area contributed by atoms with Crippen LogP contribution in [-0.4, -0.2) is 24.4 Å². The van der Waals surface area contributed by atoms with E-state index in [1.54, 1.807) is 6.07 Å². The molecule has 0 aliphatic carbocycles. The molecule has 0 radical (unpaired) electrons. The number of aromatic nitrogens is 1. The van der Waals surface area contributed by atoms with Gasteiger partial charge >= 0.3 is 0 Å². The van der Waals surface area contributed by atoms with Crippen LogP contribution in [0.15, 0.2) is 18.2 Å². The van der Waals surface area contributed by atoms with Crippen LogP contribution in [0.25, 0.3) is 0 Å². The zero-order chi connectivity index (χ0) is 12.1. The maximum absolute atomic E-state index is 7.34. The van der Waals surface area contributed by atoms with Crippen LogP contribution >= 0.6 is 0 Å². The minimum absolute atomic E-state index is 0.0131. The largest absolute Gasteiger partial charge is 0.382 e. The summed E-state index contributed by atoms with van der Waals surface area (Å²) in [5.74, 6) is 1.56. The second-order valence-electron chi connectivity index (χ2n) is 4.40. The average Bonchev–Trinajstić information content (AvgIpc) is 2.26. The molecule has 0 amide bonds. The highest BCUT2D eigenvalue weighted by Crippen LogP contribution is 2.11. The molecule has 1 rings (SSSR count). The van der Waals surface area contributed by atoms with Crippen molar-refractivity contribution in [3.63, 3.8) is 0 Å². The Bertz CT molecular complexity index is 360. The molecule has 0 aliphatic rings. The lowest BCUT2D eigenvalue weighted by Gasteiger charge is -2.19. The van der Waals surface area contributed by atoms with E-state index in [4.69, 9.17) is 11.1 Å². The van der Waals surface area contributed by atoms with E-state index in [9.17, 15) is 0 Å². The number of nitrogen functional groups attached to an aromatic ring is 1. The van der Waals surface area contributed by atoms with Crippen molar-refractivity contribution < 1.29 is 0 Å². The van der Waals surface area contributed by atoms with Crippen molar-refractivity contribution in [2.24, 2.45) is 11.7 Å². The lowest BCUT2D eigenvalue weighted by atomic mass is 10.1. The van der Waals surface area contributed by atoms with Crippen LogP contribution < -0.4 is 10.6 Å². The van der Waals surface area contributed by atoms with E-state index in [1.165, 1.54) is 0 Å². The molecule has 1 aromatic heterocycles. The van der Waals surface area contributed by atoms with Gasteiger partial charge in [0.1, 0.15) is 17.3 Å². The Morgan fingerprint density at radius 1 is 1.50 bits per heavy atom. The summed E-state index contributed by atoms with van der Waals surface area (Å²) in [5.41, 5.74) is 5.94. The zero-order valence-electron chi connectivity index (χ0n) is 10.2. The summed E-state index contributed by atoms with van der Waals surface area (Å²) < 4.78 is 0. The van der Waals surface area contributed by atoms with E-state index < -0.39 is 0 Å². The molecule has 1 aromatic rings. The van der Waals surface area contributed by atoms with Gasteiger partial charge in [0.05, 0.1) is 0 Å². The van der Waals surface area contributed by atoms with Crippen molar-refractivity contribution in [3.8, 4) is 0 Å². The number of hydrogen-bond donors (Lipinski definition) is 2. The van der Waals surface area contributed by atoms with Crippen LogP contribution in [0.4, 0.5) is 5.82 Å². The Kier molecular flexibility index (Phi) is 4.28. The monoisotopic (exact) mass is 220 g/mol. The number of nitrogens with zero attached hydrogens (tertiary/aromatic N) is 2. The summed E-state index contributed by atoms with van der Waals surface area (Å²) in [7, 11) is 2.01. The summed E-state index contributed by atoms with van der Waals surface area (Å²) in [4.78, 5) is 6.42. The Morgan fingerprint density at radius 2 is 2.19 bits per heavy atom. The number of nitrogens with one attached hydrogen (secondary N) is 1. The zero-order valence-corrected chi connectivity index (χ0v) is 10.2. The van der Waals surface area contributed by atoms with Crippen LogP contribution in [0, 0.1) is 11.3 Å². The van der Waals surface area contributed by atoms with Gasteiger partial charge in [-0.25, -0.2) is 4.98 Å². The number of nitrogens with two attached hydrogens (primary N) is 1. The SMILES string of the molecule is CC(C)CCN(C)c1cccc(C(=N)N)n1. The van der Waals surface area contributed by atoms with E-state index in [2.05, 4.69) is 23.7 Å². The second kappa shape index (κ2) is 5.49. The molecule has 4 nitrogen and oxygen atoms in total. The molecule has 0 saturated carbocycles. The standard InChI is InChI=1S/C12H20N4/c1-9(2)7-8-16(3)11-6-4-5-10(15-11)12(13)14/h4-6,9H,7-8H2,1-3H3,(H3,13,14). The number of pyridine rings is 1. The predicted octanol–water partition coefficient (Wildman–Crippen LogP) is 1.85. The smallest absolute Gasteiger partial charge is 0.141 e. The summed E-state index contributed by atoms with van der Waals surface area (Å²) in [6, 6.07) is 5.57. The van der Waals surface area contributed by atoms with Gasteiger partial charge in [-0.1, -0.05) is 19.9 Å². The van der Waals surface area contributed by atoms with Crippen LogP contribution in [0.3, 0.4) is 0 Å². The first-order valence-electron chi connectivity index (χ1n) is 5.53. The molecule has 3 N–H and O–H groups in total. The van der Waals surface area contributed by atoms with Crippen molar-refractivity contribution in [2.75, 3.05) is 18.5 Å². The van der Waals surface area contributed by atoms with Gasteiger partial charge in [0, 0.05) is 13.6 Å². The van der Waals surface area contributed by atoms with E-state index in [1.807, 2.05) is 19.2 Å². The first-order chi connectivity index (χ1) is 7.50. The van der Waals surface area contributed by atoms with Gasteiger partial charge in [-0.2, -0.15) is 0 Å². The van der Waals surface area contributed by atoms with Crippen molar-refractivity contribution in [2.45, 2.75) is 20.3 Å². The van der Waals surface area contributed by atoms with Gasteiger partial charge in [-0.05, 0) is 24.5 Å². The fourth-order valence-corrected chi connectivity index (χ4v) is 1.35. The molecular formula is C12H20N4. The third-order valence-electron chi connectivity index (χ3n) is 2.44. The minimum atomic E-state index is 0.0131.